The first-order valence-corrected chi connectivity index (χ1v) is 6.59. The molecule has 0 heterocycles. The van der Waals surface area contributed by atoms with Crippen molar-refractivity contribution in [2.45, 2.75) is 44.6 Å². The average Bonchev–Trinajstić information content (AvgIpc) is 3.00. The minimum Gasteiger partial charge on any atom is -0.324 e. The molecule has 0 bridgehead atoms. The maximum Gasteiger partial charge on any atom is 0.126 e. The van der Waals surface area contributed by atoms with Crippen molar-refractivity contribution >= 4 is 0 Å². The molecular weight excluding hydrogens is 227 g/mol. The number of benzene rings is 1. The molecule has 1 saturated carbocycles. The van der Waals surface area contributed by atoms with Crippen LogP contribution in [-0.4, -0.2) is 18.6 Å². The van der Waals surface area contributed by atoms with Crippen LogP contribution in [0.4, 0.5) is 4.39 Å². The topological polar surface area (TPSA) is 38.0 Å². The van der Waals surface area contributed by atoms with Crippen molar-refractivity contribution in [3.63, 3.8) is 0 Å². The van der Waals surface area contributed by atoms with E-state index in [1.165, 1.54) is 0 Å². The van der Waals surface area contributed by atoms with Gasteiger partial charge in [0, 0.05) is 24.0 Å². The molecule has 2 nitrogen and oxygen atoms in total. The average molecular weight is 250 g/mol. The molecule has 1 aromatic rings. The monoisotopic (exact) mass is 250 g/mol. The number of nitrogens with two attached hydrogens (primary N) is 1. The first-order chi connectivity index (χ1) is 8.32. The Balaban J connectivity index is 1.97. The summed E-state index contributed by atoms with van der Waals surface area (Å²) in [6, 6.07) is 5.36. The van der Waals surface area contributed by atoms with Crippen molar-refractivity contribution in [2.75, 3.05) is 13.1 Å². The van der Waals surface area contributed by atoms with E-state index in [-0.39, 0.29) is 16.8 Å². The molecule has 0 spiro atoms. The number of hydrogen-bond donors (Lipinski definition) is 2. The van der Waals surface area contributed by atoms with Crippen molar-refractivity contribution < 1.29 is 4.39 Å². The van der Waals surface area contributed by atoms with Gasteiger partial charge in [0.25, 0.3) is 0 Å². The molecule has 1 aliphatic carbocycles. The van der Waals surface area contributed by atoms with Gasteiger partial charge in [-0.05, 0) is 37.0 Å². The fourth-order valence-corrected chi connectivity index (χ4v) is 2.13. The maximum atomic E-state index is 13.3. The summed E-state index contributed by atoms with van der Waals surface area (Å²) in [4.78, 5) is 0. The van der Waals surface area contributed by atoms with Crippen LogP contribution >= 0.6 is 0 Å². The summed E-state index contributed by atoms with van der Waals surface area (Å²) in [5, 5.41) is 3.44. The Morgan fingerprint density at radius 1 is 1.39 bits per heavy atom. The zero-order valence-corrected chi connectivity index (χ0v) is 11.5. The Morgan fingerprint density at radius 3 is 2.61 bits per heavy atom. The van der Waals surface area contributed by atoms with E-state index in [4.69, 9.17) is 5.73 Å². The SMILES string of the molecule is Cc1cc(C(C)(C)CNCC2(N)CC2)ccc1F. The van der Waals surface area contributed by atoms with E-state index < -0.39 is 0 Å². The highest BCUT2D eigenvalue weighted by Gasteiger charge is 2.37. The zero-order chi connectivity index (χ0) is 13.4. The van der Waals surface area contributed by atoms with E-state index >= 15 is 0 Å². The smallest absolute Gasteiger partial charge is 0.126 e. The summed E-state index contributed by atoms with van der Waals surface area (Å²) >= 11 is 0. The molecule has 1 fully saturated rings. The van der Waals surface area contributed by atoms with E-state index in [1.54, 1.807) is 13.0 Å². The molecule has 100 valence electrons. The lowest BCUT2D eigenvalue weighted by Gasteiger charge is -2.27. The Morgan fingerprint density at radius 2 is 2.06 bits per heavy atom. The number of aryl methyl sites for hydroxylation is 1. The lowest BCUT2D eigenvalue weighted by molar-refractivity contribution is 0.447. The molecule has 3 heteroatoms. The van der Waals surface area contributed by atoms with Crippen LogP contribution in [0.3, 0.4) is 0 Å². The van der Waals surface area contributed by atoms with Gasteiger partial charge in [-0.2, -0.15) is 0 Å². The third-order valence-corrected chi connectivity index (χ3v) is 3.88. The first-order valence-electron chi connectivity index (χ1n) is 6.59. The number of hydrogen-bond acceptors (Lipinski definition) is 2. The van der Waals surface area contributed by atoms with E-state index in [1.807, 2.05) is 12.1 Å². The molecule has 1 aromatic carbocycles. The molecule has 3 N–H and O–H groups in total. The van der Waals surface area contributed by atoms with Crippen LogP contribution in [0.25, 0.3) is 0 Å². The molecule has 2 rings (SSSR count). The van der Waals surface area contributed by atoms with Gasteiger partial charge < -0.3 is 11.1 Å². The minimum absolute atomic E-state index is 0.0102. The Bertz CT molecular complexity index is 436. The second-order valence-electron chi connectivity index (χ2n) is 6.31. The van der Waals surface area contributed by atoms with E-state index in [2.05, 4.69) is 19.2 Å². The molecule has 0 radical (unpaired) electrons. The van der Waals surface area contributed by atoms with Crippen LogP contribution in [-0.2, 0) is 5.41 Å². The van der Waals surface area contributed by atoms with Gasteiger partial charge in [-0.3, -0.25) is 0 Å². The van der Waals surface area contributed by atoms with Gasteiger partial charge in [0.2, 0.25) is 0 Å². The van der Waals surface area contributed by atoms with Crippen molar-refractivity contribution in [1.29, 1.82) is 0 Å². The van der Waals surface area contributed by atoms with Gasteiger partial charge in [-0.15, -0.1) is 0 Å². The van der Waals surface area contributed by atoms with Crippen LogP contribution in [0, 0.1) is 12.7 Å². The molecule has 0 aromatic heterocycles. The fraction of sp³-hybridized carbons (Fsp3) is 0.600. The van der Waals surface area contributed by atoms with Crippen molar-refractivity contribution in [1.82, 2.24) is 5.32 Å². The van der Waals surface area contributed by atoms with Crippen LogP contribution in [0.15, 0.2) is 18.2 Å². The highest BCUT2D eigenvalue weighted by molar-refractivity contribution is 5.30. The van der Waals surface area contributed by atoms with Gasteiger partial charge in [-0.25, -0.2) is 4.39 Å². The van der Waals surface area contributed by atoms with Crippen LogP contribution in [0.2, 0.25) is 0 Å². The summed E-state index contributed by atoms with van der Waals surface area (Å²) in [7, 11) is 0. The second kappa shape index (κ2) is 4.63. The Hall–Kier alpha value is -0.930. The number of nitrogens with one attached hydrogen (secondary N) is 1. The van der Waals surface area contributed by atoms with Gasteiger partial charge in [-0.1, -0.05) is 26.0 Å². The van der Waals surface area contributed by atoms with Crippen molar-refractivity contribution in [3.05, 3.63) is 35.1 Å². The molecular formula is C15H23FN2. The largest absolute Gasteiger partial charge is 0.324 e. The zero-order valence-electron chi connectivity index (χ0n) is 11.5. The predicted molar refractivity (Wildman–Crippen MR) is 73.2 cm³/mol. The Labute approximate surface area is 109 Å². The highest BCUT2D eigenvalue weighted by Crippen LogP contribution is 2.31. The van der Waals surface area contributed by atoms with E-state index in [9.17, 15) is 4.39 Å². The summed E-state index contributed by atoms with van der Waals surface area (Å²) in [6.07, 6.45) is 2.24. The normalized spacial score (nSPS) is 17.8. The number of rotatable bonds is 5. The van der Waals surface area contributed by atoms with Gasteiger partial charge in [0.15, 0.2) is 0 Å². The fourth-order valence-electron chi connectivity index (χ4n) is 2.13. The lowest BCUT2D eigenvalue weighted by Crippen LogP contribution is -2.41. The molecule has 1 aliphatic rings. The molecule has 0 atom stereocenters. The van der Waals surface area contributed by atoms with E-state index in [0.717, 1.165) is 31.5 Å². The third kappa shape index (κ3) is 3.09. The quantitative estimate of drug-likeness (QED) is 0.842. The van der Waals surface area contributed by atoms with Gasteiger partial charge >= 0.3 is 0 Å². The highest BCUT2D eigenvalue weighted by atomic mass is 19.1. The first kappa shape index (κ1) is 13.5. The maximum absolute atomic E-state index is 13.3. The molecule has 0 unspecified atom stereocenters. The summed E-state index contributed by atoms with van der Waals surface area (Å²) in [5.41, 5.74) is 7.94. The summed E-state index contributed by atoms with van der Waals surface area (Å²) in [6.45, 7) is 7.88. The summed E-state index contributed by atoms with van der Waals surface area (Å²) < 4.78 is 13.3. The van der Waals surface area contributed by atoms with Gasteiger partial charge in [0.05, 0.1) is 0 Å². The standard InChI is InChI=1S/C15H23FN2/c1-11-8-12(4-5-13(11)16)14(2,3)9-18-10-15(17)6-7-15/h4-5,8,18H,6-7,9-10,17H2,1-3H3. The number of halogens is 1. The van der Waals surface area contributed by atoms with Crippen molar-refractivity contribution in [2.24, 2.45) is 5.73 Å². The van der Waals surface area contributed by atoms with Gasteiger partial charge in [0.1, 0.15) is 5.82 Å². The summed E-state index contributed by atoms with van der Waals surface area (Å²) in [5.74, 6) is -0.138. The van der Waals surface area contributed by atoms with Crippen LogP contribution in [0.1, 0.15) is 37.8 Å². The lowest BCUT2D eigenvalue weighted by atomic mass is 9.83. The molecule has 0 saturated heterocycles. The van der Waals surface area contributed by atoms with E-state index in [0.29, 0.717) is 5.56 Å². The molecule has 0 aliphatic heterocycles. The van der Waals surface area contributed by atoms with Crippen LogP contribution in [0.5, 0.6) is 0 Å². The third-order valence-electron chi connectivity index (χ3n) is 3.88. The van der Waals surface area contributed by atoms with Crippen LogP contribution < -0.4 is 11.1 Å². The minimum atomic E-state index is -0.138. The Kier molecular flexibility index (Phi) is 3.47. The van der Waals surface area contributed by atoms with Crippen molar-refractivity contribution in [3.8, 4) is 0 Å². The predicted octanol–water partition coefficient (Wildman–Crippen LogP) is 2.49. The molecule has 0 amide bonds. The molecule has 18 heavy (non-hydrogen) atoms. The second-order valence-corrected chi connectivity index (χ2v) is 6.31.